The zero-order valence-corrected chi connectivity index (χ0v) is 22.5. The Morgan fingerprint density at radius 1 is 0.333 bits per heavy atom. The van der Waals surface area contributed by atoms with Gasteiger partial charge in [-0.25, -0.2) is 0 Å². The molecule has 1 heteroatoms. The van der Waals surface area contributed by atoms with Gasteiger partial charge in [0.15, 0.2) is 0 Å². The van der Waals surface area contributed by atoms with Gasteiger partial charge < -0.3 is 5.11 Å². The molecular formula is C32H60O. The average molecular weight is 461 g/mol. The van der Waals surface area contributed by atoms with Gasteiger partial charge in [-0.3, -0.25) is 0 Å². The van der Waals surface area contributed by atoms with Crippen LogP contribution in [0.15, 0.2) is 0 Å². The quantitative estimate of drug-likeness (QED) is 0.442. The van der Waals surface area contributed by atoms with E-state index < -0.39 is 0 Å². The van der Waals surface area contributed by atoms with Gasteiger partial charge in [-0.05, 0) is 56.3 Å². The number of aliphatic hydroxyl groups is 1. The molecule has 0 unspecified atom stereocenters. The maximum absolute atomic E-state index is 11.5. The fraction of sp³-hybridized carbons (Fsp3) is 1.00. The predicted octanol–water partition coefficient (Wildman–Crippen LogP) is 10.4. The Balaban J connectivity index is 1.89. The summed E-state index contributed by atoms with van der Waals surface area (Å²) in [7, 11) is 0. The summed E-state index contributed by atoms with van der Waals surface area (Å²) in [6, 6.07) is 0. The summed E-state index contributed by atoms with van der Waals surface area (Å²) >= 11 is 0. The van der Waals surface area contributed by atoms with Gasteiger partial charge in [0.1, 0.15) is 0 Å². The van der Waals surface area contributed by atoms with Crippen LogP contribution in [-0.2, 0) is 0 Å². The molecule has 0 spiro atoms. The van der Waals surface area contributed by atoms with Crippen LogP contribution in [0, 0.1) is 23.2 Å². The molecule has 3 rings (SSSR count). The molecule has 0 aromatic rings. The molecule has 33 heavy (non-hydrogen) atoms. The van der Waals surface area contributed by atoms with Crippen LogP contribution >= 0.6 is 0 Å². The molecule has 0 radical (unpaired) electrons. The van der Waals surface area contributed by atoms with E-state index in [1.54, 1.807) is 0 Å². The summed E-state index contributed by atoms with van der Waals surface area (Å²) < 4.78 is 0. The van der Waals surface area contributed by atoms with Crippen molar-refractivity contribution >= 4 is 0 Å². The molecule has 0 saturated heterocycles. The molecule has 3 saturated carbocycles. The Bertz CT molecular complexity index is 377. The normalized spacial score (nSPS) is 26.5. The van der Waals surface area contributed by atoms with E-state index in [1.807, 2.05) is 0 Å². The van der Waals surface area contributed by atoms with Gasteiger partial charge in [-0.15, -0.1) is 0 Å². The molecule has 0 bridgehead atoms. The predicted molar refractivity (Wildman–Crippen MR) is 145 cm³/mol. The molecule has 0 heterocycles. The Morgan fingerprint density at radius 2 is 0.515 bits per heavy atom. The zero-order valence-electron chi connectivity index (χ0n) is 22.5. The fourth-order valence-electron chi connectivity index (χ4n) is 8.43. The molecule has 3 aliphatic rings. The van der Waals surface area contributed by atoms with Gasteiger partial charge in [0.05, 0.1) is 0 Å². The molecule has 0 aromatic heterocycles. The first-order valence-electron chi connectivity index (χ1n) is 16.0. The minimum Gasteiger partial charge on any atom is -0.396 e. The van der Waals surface area contributed by atoms with Crippen LogP contribution in [0.1, 0.15) is 173 Å². The van der Waals surface area contributed by atoms with Crippen LogP contribution in [0.5, 0.6) is 0 Å². The van der Waals surface area contributed by atoms with Crippen molar-refractivity contribution in [1.82, 2.24) is 0 Å². The minimum atomic E-state index is 0.220. The number of hydrogen-bond donors (Lipinski definition) is 1. The molecule has 0 atom stereocenters. The van der Waals surface area contributed by atoms with E-state index in [0.29, 0.717) is 6.61 Å². The SMILES string of the molecule is OCC(C1CCCCCCCCC1)(C1CCCCCCCCC1)C1CCCCCCCCC1. The second-order valence-electron chi connectivity index (χ2n) is 12.5. The summed E-state index contributed by atoms with van der Waals surface area (Å²) in [6.45, 7) is 0.493. The molecule has 3 aliphatic carbocycles. The van der Waals surface area contributed by atoms with Crippen molar-refractivity contribution in [3.63, 3.8) is 0 Å². The van der Waals surface area contributed by atoms with Crippen molar-refractivity contribution in [1.29, 1.82) is 0 Å². The minimum absolute atomic E-state index is 0.220. The number of aliphatic hydroxyl groups excluding tert-OH is 1. The van der Waals surface area contributed by atoms with Crippen LogP contribution in [-0.4, -0.2) is 11.7 Å². The Hall–Kier alpha value is -0.0400. The summed E-state index contributed by atoms with van der Waals surface area (Å²) in [5.74, 6) is 2.34. The van der Waals surface area contributed by atoms with Crippen molar-refractivity contribution in [2.24, 2.45) is 23.2 Å². The molecule has 1 nitrogen and oxygen atoms in total. The maximum Gasteiger partial charge on any atom is 0.0495 e. The fourth-order valence-corrected chi connectivity index (χ4v) is 8.43. The zero-order chi connectivity index (χ0) is 23.0. The lowest BCUT2D eigenvalue weighted by Crippen LogP contribution is -2.48. The Labute approximate surface area is 208 Å². The highest BCUT2D eigenvalue weighted by atomic mass is 16.3. The standard InChI is InChI=1S/C32H60O/c33-28-32(29-22-16-10-4-1-5-11-17-23-29,30-24-18-12-6-2-7-13-19-25-30)31-26-20-14-8-3-9-15-21-27-31/h29-31,33H,1-28H2. The molecule has 0 amide bonds. The highest BCUT2D eigenvalue weighted by molar-refractivity contribution is 4.97. The third-order valence-electron chi connectivity index (χ3n) is 10.4. The second-order valence-corrected chi connectivity index (χ2v) is 12.5. The van der Waals surface area contributed by atoms with E-state index >= 15 is 0 Å². The highest BCUT2D eigenvalue weighted by Gasteiger charge is 2.48. The molecular weight excluding hydrogens is 400 g/mol. The Morgan fingerprint density at radius 3 is 0.697 bits per heavy atom. The van der Waals surface area contributed by atoms with Crippen molar-refractivity contribution in [2.75, 3.05) is 6.61 Å². The lowest BCUT2D eigenvalue weighted by molar-refractivity contribution is -0.0748. The molecule has 0 aliphatic heterocycles. The molecule has 1 N–H and O–H groups in total. The second kappa shape index (κ2) is 16.6. The van der Waals surface area contributed by atoms with Gasteiger partial charge in [0.25, 0.3) is 0 Å². The van der Waals surface area contributed by atoms with Crippen molar-refractivity contribution in [3.05, 3.63) is 0 Å². The monoisotopic (exact) mass is 460 g/mol. The third-order valence-corrected chi connectivity index (χ3v) is 10.4. The van der Waals surface area contributed by atoms with Crippen molar-refractivity contribution < 1.29 is 5.11 Å². The topological polar surface area (TPSA) is 20.2 Å². The van der Waals surface area contributed by atoms with Gasteiger partial charge in [0, 0.05) is 12.0 Å². The lowest BCUT2D eigenvalue weighted by Gasteiger charge is -2.52. The van der Waals surface area contributed by atoms with Gasteiger partial charge in [-0.1, -0.05) is 135 Å². The average Bonchev–Trinajstić information content (AvgIpc) is 2.86. The smallest absolute Gasteiger partial charge is 0.0495 e. The number of rotatable bonds is 4. The molecule has 3 fully saturated rings. The first-order valence-corrected chi connectivity index (χ1v) is 16.0. The van der Waals surface area contributed by atoms with E-state index in [-0.39, 0.29) is 5.41 Å². The van der Waals surface area contributed by atoms with E-state index in [9.17, 15) is 5.11 Å². The van der Waals surface area contributed by atoms with Crippen LogP contribution in [0.25, 0.3) is 0 Å². The first-order chi connectivity index (χ1) is 16.4. The van der Waals surface area contributed by atoms with E-state index in [1.165, 1.54) is 173 Å². The lowest BCUT2D eigenvalue weighted by atomic mass is 9.53. The number of hydrogen-bond acceptors (Lipinski definition) is 1. The first kappa shape index (κ1) is 27.5. The summed E-state index contributed by atoms with van der Waals surface area (Å²) in [5.41, 5.74) is 0.220. The van der Waals surface area contributed by atoms with Crippen LogP contribution in [0.4, 0.5) is 0 Å². The van der Waals surface area contributed by atoms with E-state index in [0.717, 1.165) is 17.8 Å². The van der Waals surface area contributed by atoms with Gasteiger partial charge >= 0.3 is 0 Å². The molecule has 0 aromatic carbocycles. The van der Waals surface area contributed by atoms with E-state index in [2.05, 4.69) is 0 Å². The van der Waals surface area contributed by atoms with Crippen molar-refractivity contribution in [3.8, 4) is 0 Å². The summed E-state index contributed by atoms with van der Waals surface area (Å²) in [5, 5.41) is 11.5. The van der Waals surface area contributed by atoms with Crippen LogP contribution in [0.2, 0.25) is 0 Å². The van der Waals surface area contributed by atoms with E-state index in [4.69, 9.17) is 0 Å². The maximum atomic E-state index is 11.5. The molecule has 194 valence electrons. The highest BCUT2D eigenvalue weighted by Crippen LogP contribution is 2.54. The Kier molecular flexibility index (Phi) is 13.9. The largest absolute Gasteiger partial charge is 0.396 e. The summed E-state index contributed by atoms with van der Waals surface area (Å²) in [6.07, 6.45) is 38.7. The van der Waals surface area contributed by atoms with Gasteiger partial charge in [-0.2, -0.15) is 0 Å². The third kappa shape index (κ3) is 8.84. The van der Waals surface area contributed by atoms with Gasteiger partial charge in [0.2, 0.25) is 0 Å². The van der Waals surface area contributed by atoms with Crippen LogP contribution in [0.3, 0.4) is 0 Å². The van der Waals surface area contributed by atoms with Crippen LogP contribution < -0.4 is 0 Å². The summed E-state index contributed by atoms with van der Waals surface area (Å²) in [4.78, 5) is 0. The van der Waals surface area contributed by atoms with Crippen molar-refractivity contribution in [2.45, 2.75) is 173 Å².